The fraction of sp³-hybridized carbons (Fsp3) is 0.333. The Bertz CT molecular complexity index is 1260. The summed E-state index contributed by atoms with van der Waals surface area (Å²) in [6.07, 6.45) is 1.94. The summed E-state index contributed by atoms with van der Waals surface area (Å²) in [5.41, 5.74) is 0.961. The maximum Gasteiger partial charge on any atom is 0.326 e. The summed E-state index contributed by atoms with van der Waals surface area (Å²) in [5, 5.41) is 18.1. The Labute approximate surface area is 214 Å². The number of nitrogens with zero attached hydrogens (tertiary/aromatic N) is 2. The van der Waals surface area contributed by atoms with Gasteiger partial charge in [0.25, 0.3) is 6.01 Å². The number of halogens is 2. The van der Waals surface area contributed by atoms with Crippen molar-refractivity contribution in [2.45, 2.75) is 31.7 Å². The first kappa shape index (κ1) is 25.4. The number of benzene rings is 2. The van der Waals surface area contributed by atoms with Crippen LogP contribution in [-0.4, -0.2) is 53.7 Å². The number of hydrogen-bond donors (Lipinski definition) is 4. The zero-order valence-electron chi connectivity index (χ0n) is 19.2. The SMILES string of the molecule is O=C(CCCOc1ccc(CC(Nc2nc3cc(Br)cc(F)c3o2)C(=O)O)cc1)NC1=NCCCN1. The predicted molar refractivity (Wildman–Crippen MR) is 135 cm³/mol. The molecule has 0 spiro atoms. The van der Waals surface area contributed by atoms with Crippen LogP contribution in [0, 0.1) is 5.82 Å². The van der Waals surface area contributed by atoms with Crippen molar-refractivity contribution < 1.29 is 28.2 Å². The van der Waals surface area contributed by atoms with E-state index in [1.807, 2.05) is 0 Å². The van der Waals surface area contributed by atoms with E-state index in [2.05, 4.69) is 41.9 Å². The molecule has 4 N–H and O–H groups in total. The van der Waals surface area contributed by atoms with E-state index in [1.165, 1.54) is 6.07 Å². The number of rotatable bonds is 10. The van der Waals surface area contributed by atoms with Crippen molar-refractivity contribution in [3.8, 4) is 5.75 Å². The zero-order chi connectivity index (χ0) is 25.5. The van der Waals surface area contributed by atoms with Gasteiger partial charge >= 0.3 is 5.97 Å². The average molecular weight is 562 g/mol. The average Bonchev–Trinajstić information content (AvgIpc) is 3.26. The second-order valence-electron chi connectivity index (χ2n) is 8.15. The van der Waals surface area contributed by atoms with E-state index in [4.69, 9.17) is 9.15 Å². The van der Waals surface area contributed by atoms with Crippen LogP contribution in [0.5, 0.6) is 5.75 Å². The number of carbonyl (C=O) groups excluding carboxylic acids is 1. The third-order valence-corrected chi connectivity index (χ3v) is 5.80. The van der Waals surface area contributed by atoms with Gasteiger partial charge in [0.15, 0.2) is 17.4 Å². The fourth-order valence-electron chi connectivity index (χ4n) is 3.56. The summed E-state index contributed by atoms with van der Waals surface area (Å²) < 4.78 is 25.6. The van der Waals surface area contributed by atoms with Crippen LogP contribution in [0.3, 0.4) is 0 Å². The lowest BCUT2D eigenvalue weighted by atomic mass is 10.1. The number of amides is 1. The molecule has 1 aliphatic rings. The Morgan fingerprint density at radius 1 is 1.28 bits per heavy atom. The van der Waals surface area contributed by atoms with Crippen LogP contribution in [-0.2, 0) is 16.0 Å². The fourth-order valence-corrected chi connectivity index (χ4v) is 3.98. The molecule has 0 aliphatic carbocycles. The number of carboxylic acids is 1. The molecule has 1 unspecified atom stereocenters. The Balaban J connectivity index is 1.26. The van der Waals surface area contributed by atoms with Gasteiger partial charge in [-0.05, 0) is 42.7 Å². The number of nitrogens with one attached hydrogen (secondary N) is 3. The third-order valence-electron chi connectivity index (χ3n) is 5.34. The smallest absolute Gasteiger partial charge is 0.326 e. The predicted octanol–water partition coefficient (Wildman–Crippen LogP) is 3.46. The number of anilines is 1. The number of aliphatic carboxylic acids is 1. The Kier molecular flexibility index (Phi) is 8.36. The van der Waals surface area contributed by atoms with Crippen LogP contribution in [0.25, 0.3) is 11.1 Å². The van der Waals surface area contributed by atoms with Gasteiger partial charge in [-0.15, -0.1) is 0 Å². The van der Waals surface area contributed by atoms with E-state index in [-0.39, 0.29) is 29.4 Å². The number of carbonyl (C=O) groups is 2. The molecule has 0 bridgehead atoms. The lowest BCUT2D eigenvalue weighted by Gasteiger charge is -2.15. The lowest BCUT2D eigenvalue weighted by molar-refractivity contribution is -0.138. The molecule has 36 heavy (non-hydrogen) atoms. The molecule has 1 atom stereocenters. The standard InChI is InChI=1S/C24H25BrFN5O5/c25-15-12-17(26)21-18(13-15)29-24(36-21)30-19(22(33)34)11-14-4-6-16(7-5-14)35-10-1-3-20(32)31-23-27-8-2-9-28-23/h4-7,12-13,19H,1-3,8-11H2,(H,29,30)(H,33,34)(H2,27,28,31,32). The van der Waals surface area contributed by atoms with Crippen LogP contribution in [0.1, 0.15) is 24.8 Å². The van der Waals surface area contributed by atoms with Crippen LogP contribution >= 0.6 is 15.9 Å². The molecule has 1 amide bonds. The zero-order valence-corrected chi connectivity index (χ0v) is 20.8. The van der Waals surface area contributed by atoms with Crippen molar-refractivity contribution >= 4 is 50.9 Å². The number of guanidine groups is 1. The van der Waals surface area contributed by atoms with Gasteiger partial charge in [0, 0.05) is 30.4 Å². The number of aromatic nitrogens is 1. The molecule has 1 aromatic heterocycles. The molecule has 0 radical (unpaired) electrons. The van der Waals surface area contributed by atoms with Gasteiger partial charge in [0.1, 0.15) is 17.3 Å². The Morgan fingerprint density at radius 2 is 2.08 bits per heavy atom. The second-order valence-corrected chi connectivity index (χ2v) is 9.06. The van der Waals surface area contributed by atoms with Gasteiger partial charge in [0.2, 0.25) is 5.91 Å². The van der Waals surface area contributed by atoms with Gasteiger partial charge in [-0.1, -0.05) is 28.1 Å². The first-order valence-electron chi connectivity index (χ1n) is 11.4. The van der Waals surface area contributed by atoms with E-state index in [0.717, 1.165) is 18.5 Å². The highest BCUT2D eigenvalue weighted by molar-refractivity contribution is 9.10. The topological polar surface area (TPSA) is 138 Å². The highest BCUT2D eigenvalue weighted by atomic mass is 79.9. The summed E-state index contributed by atoms with van der Waals surface area (Å²) in [5.74, 6) is -0.695. The van der Waals surface area contributed by atoms with E-state index < -0.39 is 17.8 Å². The molecule has 4 rings (SSSR count). The van der Waals surface area contributed by atoms with Crippen LogP contribution in [0.2, 0.25) is 0 Å². The van der Waals surface area contributed by atoms with Crippen molar-refractivity contribution in [1.29, 1.82) is 0 Å². The minimum atomic E-state index is -1.10. The second kappa shape index (κ2) is 11.8. The third kappa shape index (κ3) is 6.94. The molecule has 0 saturated heterocycles. The Hall–Kier alpha value is -3.67. The molecule has 3 aromatic rings. The van der Waals surface area contributed by atoms with Gasteiger partial charge in [-0.2, -0.15) is 4.98 Å². The quantitative estimate of drug-likeness (QED) is 0.276. The molecule has 2 aromatic carbocycles. The summed E-state index contributed by atoms with van der Waals surface area (Å²) >= 11 is 3.19. The first-order valence-corrected chi connectivity index (χ1v) is 12.2. The van der Waals surface area contributed by atoms with E-state index >= 15 is 0 Å². The molecule has 190 valence electrons. The van der Waals surface area contributed by atoms with Crippen LogP contribution in [0.4, 0.5) is 10.4 Å². The van der Waals surface area contributed by atoms with Gasteiger partial charge < -0.3 is 24.9 Å². The van der Waals surface area contributed by atoms with E-state index in [0.29, 0.717) is 42.2 Å². The molecular formula is C24H25BrFN5O5. The minimum absolute atomic E-state index is 0.0526. The maximum atomic E-state index is 14.0. The molecule has 1 aliphatic heterocycles. The normalized spacial score (nSPS) is 14.0. The maximum absolute atomic E-state index is 14.0. The monoisotopic (exact) mass is 561 g/mol. The Morgan fingerprint density at radius 3 is 2.81 bits per heavy atom. The van der Waals surface area contributed by atoms with Gasteiger partial charge in [0.05, 0.1) is 6.61 Å². The number of ether oxygens (including phenoxy) is 1. The number of carboxylic acid groups (broad SMARTS) is 1. The highest BCUT2D eigenvalue weighted by Crippen LogP contribution is 2.26. The molecule has 0 saturated carbocycles. The van der Waals surface area contributed by atoms with Crippen molar-refractivity contribution in [1.82, 2.24) is 15.6 Å². The van der Waals surface area contributed by atoms with E-state index in [9.17, 15) is 19.1 Å². The summed E-state index contributed by atoms with van der Waals surface area (Å²) in [6, 6.07) is 8.70. The summed E-state index contributed by atoms with van der Waals surface area (Å²) in [7, 11) is 0. The molecule has 10 nitrogen and oxygen atoms in total. The van der Waals surface area contributed by atoms with Crippen LogP contribution < -0.4 is 20.7 Å². The molecular weight excluding hydrogens is 537 g/mol. The number of aliphatic imine (C=N–C) groups is 1. The van der Waals surface area contributed by atoms with E-state index in [1.54, 1.807) is 30.3 Å². The van der Waals surface area contributed by atoms with Crippen LogP contribution in [0.15, 0.2) is 50.3 Å². The number of oxazole rings is 1. The molecule has 12 heteroatoms. The van der Waals surface area contributed by atoms with Crippen molar-refractivity contribution in [2.75, 3.05) is 25.0 Å². The lowest BCUT2D eigenvalue weighted by Crippen LogP contribution is -2.43. The van der Waals surface area contributed by atoms with Crippen molar-refractivity contribution in [3.05, 3.63) is 52.3 Å². The van der Waals surface area contributed by atoms with Crippen molar-refractivity contribution in [3.63, 3.8) is 0 Å². The van der Waals surface area contributed by atoms with Gasteiger partial charge in [-0.25, -0.2) is 9.18 Å². The van der Waals surface area contributed by atoms with Gasteiger partial charge in [-0.3, -0.25) is 15.1 Å². The molecule has 0 fully saturated rings. The number of fused-ring (bicyclic) bond motifs is 1. The minimum Gasteiger partial charge on any atom is -0.494 e. The highest BCUT2D eigenvalue weighted by Gasteiger charge is 2.21. The largest absolute Gasteiger partial charge is 0.494 e. The van der Waals surface area contributed by atoms with Crippen molar-refractivity contribution in [2.24, 2.45) is 4.99 Å². The summed E-state index contributed by atoms with van der Waals surface area (Å²) in [4.78, 5) is 32.1. The first-order chi connectivity index (χ1) is 17.4. The molecule has 2 heterocycles. The number of hydrogen-bond acceptors (Lipinski definition) is 8. The summed E-state index contributed by atoms with van der Waals surface area (Å²) in [6.45, 7) is 1.87.